The standard InChI is InChI=1S/C22H19N3O3/c1-2-28-22(27)17-8-4-3-7-16(17)19-14-21(26)24-20-13-15(9-10-18(20)23-19)25-11-5-6-12-25/h3-13H,2,14H2,1H3,(H,24,26). The lowest BCUT2D eigenvalue weighted by Crippen LogP contribution is -2.18. The van der Waals surface area contributed by atoms with Crippen LogP contribution < -0.4 is 5.32 Å². The summed E-state index contributed by atoms with van der Waals surface area (Å²) in [5, 5.41) is 2.92. The molecule has 0 atom stereocenters. The van der Waals surface area contributed by atoms with Gasteiger partial charge in [-0.25, -0.2) is 4.79 Å². The Morgan fingerprint density at radius 3 is 2.71 bits per heavy atom. The number of esters is 1. The highest BCUT2D eigenvalue weighted by atomic mass is 16.5. The van der Waals surface area contributed by atoms with Crippen LogP contribution in [0.1, 0.15) is 29.3 Å². The van der Waals surface area contributed by atoms with Crippen LogP contribution >= 0.6 is 0 Å². The summed E-state index contributed by atoms with van der Waals surface area (Å²) >= 11 is 0. The van der Waals surface area contributed by atoms with E-state index in [0.29, 0.717) is 28.2 Å². The van der Waals surface area contributed by atoms with E-state index >= 15 is 0 Å². The van der Waals surface area contributed by atoms with Gasteiger partial charge in [-0.05, 0) is 43.3 Å². The summed E-state index contributed by atoms with van der Waals surface area (Å²) < 4.78 is 7.10. The Morgan fingerprint density at radius 1 is 1.14 bits per heavy atom. The molecule has 0 unspecified atom stereocenters. The maximum atomic E-state index is 12.5. The maximum absolute atomic E-state index is 12.5. The summed E-state index contributed by atoms with van der Waals surface area (Å²) in [6, 6.07) is 16.6. The number of nitrogens with zero attached hydrogens (tertiary/aromatic N) is 2. The summed E-state index contributed by atoms with van der Waals surface area (Å²) in [6.45, 7) is 2.04. The molecule has 0 aliphatic carbocycles. The first-order valence-corrected chi connectivity index (χ1v) is 9.07. The Morgan fingerprint density at radius 2 is 1.93 bits per heavy atom. The number of aromatic nitrogens is 1. The number of anilines is 1. The van der Waals surface area contributed by atoms with E-state index in [1.807, 2.05) is 53.4 Å². The van der Waals surface area contributed by atoms with Crippen molar-refractivity contribution in [3.05, 3.63) is 78.1 Å². The van der Waals surface area contributed by atoms with Gasteiger partial charge in [0.1, 0.15) is 0 Å². The molecule has 140 valence electrons. The predicted octanol–water partition coefficient (Wildman–Crippen LogP) is 4.12. The van der Waals surface area contributed by atoms with Crippen molar-refractivity contribution in [2.24, 2.45) is 4.99 Å². The van der Waals surface area contributed by atoms with Crippen LogP contribution in [0.4, 0.5) is 11.4 Å². The number of ether oxygens (including phenoxy) is 1. The van der Waals surface area contributed by atoms with Gasteiger partial charge in [0.15, 0.2) is 0 Å². The second-order valence-corrected chi connectivity index (χ2v) is 6.34. The largest absolute Gasteiger partial charge is 0.462 e. The molecule has 1 aromatic heterocycles. The Hall–Kier alpha value is -3.67. The molecule has 0 fully saturated rings. The van der Waals surface area contributed by atoms with Gasteiger partial charge in [0.05, 0.1) is 35.7 Å². The van der Waals surface area contributed by atoms with Crippen molar-refractivity contribution < 1.29 is 14.3 Å². The van der Waals surface area contributed by atoms with E-state index in [1.165, 1.54) is 0 Å². The SMILES string of the molecule is CCOC(=O)c1ccccc1C1=Nc2ccc(-n3cccc3)cc2NC(=O)C1. The zero-order valence-corrected chi connectivity index (χ0v) is 15.4. The summed E-state index contributed by atoms with van der Waals surface area (Å²) in [6.07, 6.45) is 3.94. The topological polar surface area (TPSA) is 72.7 Å². The molecule has 1 aliphatic rings. The molecule has 2 aromatic carbocycles. The van der Waals surface area contributed by atoms with Crippen molar-refractivity contribution in [3.63, 3.8) is 0 Å². The van der Waals surface area contributed by atoms with Crippen LogP contribution in [0.2, 0.25) is 0 Å². The first kappa shape index (κ1) is 17.7. The number of carbonyl (C=O) groups is 2. The van der Waals surface area contributed by atoms with Crippen LogP contribution in [-0.2, 0) is 9.53 Å². The van der Waals surface area contributed by atoms with Gasteiger partial charge in [0, 0.05) is 23.6 Å². The molecule has 1 amide bonds. The van der Waals surface area contributed by atoms with Crippen LogP contribution in [0, 0.1) is 0 Å². The highest BCUT2D eigenvalue weighted by Gasteiger charge is 2.22. The summed E-state index contributed by atoms with van der Waals surface area (Å²) in [5.41, 5.74) is 3.76. The van der Waals surface area contributed by atoms with Gasteiger partial charge in [-0.1, -0.05) is 18.2 Å². The third kappa shape index (κ3) is 3.44. The molecule has 0 saturated carbocycles. The molecular formula is C22H19N3O3. The molecule has 6 nitrogen and oxygen atoms in total. The van der Waals surface area contributed by atoms with E-state index in [-0.39, 0.29) is 18.9 Å². The molecule has 3 aromatic rings. The molecule has 1 aliphatic heterocycles. The highest BCUT2D eigenvalue weighted by Crippen LogP contribution is 2.32. The van der Waals surface area contributed by atoms with Gasteiger partial charge in [-0.15, -0.1) is 0 Å². The zero-order chi connectivity index (χ0) is 19.5. The van der Waals surface area contributed by atoms with Gasteiger partial charge in [-0.2, -0.15) is 0 Å². The minimum atomic E-state index is -0.423. The number of rotatable bonds is 4. The molecule has 1 N–H and O–H groups in total. The quantitative estimate of drug-likeness (QED) is 0.699. The van der Waals surface area contributed by atoms with E-state index in [9.17, 15) is 9.59 Å². The van der Waals surface area contributed by atoms with E-state index in [0.717, 1.165) is 5.69 Å². The van der Waals surface area contributed by atoms with Crippen molar-refractivity contribution in [1.29, 1.82) is 0 Å². The Labute approximate surface area is 162 Å². The molecule has 2 heterocycles. The smallest absolute Gasteiger partial charge is 0.338 e. The fraction of sp³-hybridized carbons (Fsp3) is 0.136. The Kier molecular flexibility index (Phi) is 4.76. The van der Waals surface area contributed by atoms with Gasteiger partial charge >= 0.3 is 5.97 Å². The number of amides is 1. The van der Waals surface area contributed by atoms with Crippen LogP contribution in [-0.4, -0.2) is 28.8 Å². The minimum absolute atomic E-state index is 0.0734. The number of hydrogen-bond acceptors (Lipinski definition) is 4. The van der Waals surface area contributed by atoms with E-state index < -0.39 is 5.97 Å². The monoisotopic (exact) mass is 373 g/mol. The lowest BCUT2D eigenvalue weighted by molar-refractivity contribution is -0.115. The van der Waals surface area contributed by atoms with E-state index in [4.69, 9.17) is 9.73 Å². The molecular weight excluding hydrogens is 354 g/mol. The van der Waals surface area contributed by atoms with Gasteiger partial charge < -0.3 is 14.6 Å². The van der Waals surface area contributed by atoms with E-state index in [2.05, 4.69) is 5.32 Å². The van der Waals surface area contributed by atoms with Crippen molar-refractivity contribution in [2.45, 2.75) is 13.3 Å². The fourth-order valence-corrected chi connectivity index (χ4v) is 3.20. The van der Waals surface area contributed by atoms with Gasteiger partial charge in [-0.3, -0.25) is 9.79 Å². The van der Waals surface area contributed by atoms with E-state index in [1.54, 1.807) is 25.1 Å². The summed E-state index contributed by atoms with van der Waals surface area (Å²) in [5.74, 6) is -0.602. The second-order valence-electron chi connectivity index (χ2n) is 6.34. The summed E-state index contributed by atoms with van der Waals surface area (Å²) in [7, 11) is 0. The number of benzene rings is 2. The third-order valence-corrected chi connectivity index (χ3v) is 4.47. The number of fused-ring (bicyclic) bond motifs is 1. The number of nitrogens with one attached hydrogen (secondary N) is 1. The van der Waals surface area contributed by atoms with Crippen LogP contribution in [0.15, 0.2) is 72.0 Å². The Bertz CT molecular complexity index is 1070. The number of aliphatic imine (C=N–C) groups is 1. The first-order valence-electron chi connectivity index (χ1n) is 9.07. The van der Waals surface area contributed by atoms with Crippen LogP contribution in [0.3, 0.4) is 0 Å². The zero-order valence-electron chi connectivity index (χ0n) is 15.4. The molecule has 28 heavy (non-hydrogen) atoms. The van der Waals surface area contributed by atoms with Crippen molar-refractivity contribution in [2.75, 3.05) is 11.9 Å². The molecule has 0 bridgehead atoms. The first-order chi connectivity index (χ1) is 13.7. The lowest BCUT2D eigenvalue weighted by atomic mass is 10.0. The average molecular weight is 373 g/mol. The predicted molar refractivity (Wildman–Crippen MR) is 108 cm³/mol. The van der Waals surface area contributed by atoms with Crippen LogP contribution in [0.5, 0.6) is 0 Å². The molecule has 0 radical (unpaired) electrons. The number of hydrogen-bond donors (Lipinski definition) is 1. The normalized spacial score (nSPS) is 13.2. The Balaban J connectivity index is 1.78. The minimum Gasteiger partial charge on any atom is -0.462 e. The fourth-order valence-electron chi connectivity index (χ4n) is 3.20. The average Bonchev–Trinajstić information content (AvgIpc) is 3.18. The molecule has 4 rings (SSSR count). The maximum Gasteiger partial charge on any atom is 0.338 e. The molecule has 0 saturated heterocycles. The highest BCUT2D eigenvalue weighted by molar-refractivity contribution is 6.19. The number of carbonyl (C=O) groups excluding carboxylic acids is 2. The second kappa shape index (κ2) is 7.52. The lowest BCUT2D eigenvalue weighted by Gasteiger charge is -2.10. The van der Waals surface area contributed by atoms with Crippen LogP contribution in [0.25, 0.3) is 5.69 Å². The van der Waals surface area contributed by atoms with Crippen molar-refractivity contribution >= 4 is 29.0 Å². The molecule has 0 spiro atoms. The third-order valence-electron chi connectivity index (χ3n) is 4.47. The van der Waals surface area contributed by atoms with Gasteiger partial charge in [0.2, 0.25) is 5.91 Å². The summed E-state index contributed by atoms with van der Waals surface area (Å²) in [4.78, 5) is 29.5. The van der Waals surface area contributed by atoms with Gasteiger partial charge in [0.25, 0.3) is 0 Å². The molecule has 6 heteroatoms. The van der Waals surface area contributed by atoms with Crippen molar-refractivity contribution in [3.8, 4) is 5.69 Å². The van der Waals surface area contributed by atoms with Crippen molar-refractivity contribution in [1.82, 2.24) is 4.57 Å².